The van der Waals surface area contributed by atoms with Gasteiger partial charge < -0.3 is 10.3 Å². The van der Waals surface area contributed by atoms with Crippen LogP contribution in [0.5, 0.6) is 0 Å². The number of H-pyrrole nitrogens is 1. The molecule has 1 aromatic heterocycles. The molecule has 0 unspecified atom stereocenters. The quantitative estimate of drug-likeness (QED) is 0.830. The molecule has 4 heteroatoms. The van der Waals surface area contributed by atoms with Gasteiger partial charge in [0, 0.05) is 18.4 Å². The fourth-order valence-electron chi connectivity index (χ4n) is 3.12. The van der Waals surface area contributed by atoms with E-state index in [0.29, 0.717) is 6.04 Å². The molecule has 1 aromatic rings. The second-order valence-electron chi connectivity index (χ2n) is 6.15. The maximum Gasteiger partial charge on any atom is 0.0875 e. The van der Waals surface area contributed by atoms with Crippen molar-refractivity contribution in [3.8, 4) is 0 Å². The summed E-state index contributed by atoms with van der Waals surface area (Å²) in [5, 5.41) is 3.61. The number of nitrogens with zero attached hydrogens (tertiary/aromatic N) is 1. The Hall–Kier alpha value is -1.48. The van der Waals surface area contributed by atoms with Gasteiger partial charge in [-0.25, -0.2) is 4.99 Å². The van der Waals surface area contributed by atoms with Crippen molar-refractivity contribution in [3.63, 3.8) is 0 Å². The van der Waals surface area contributed by atoms with Crippen molar-refractivity contribution >= 4 is 18.1 Å². The van der Waals surface area contributed by atoms with Gasteiger partial charge in [-0.15, -0.1) is 12.4 Å². The van der Waals surface area contributed by atoms with Gasteiger partial charge in [0.2, 0.25) is 0 Å². The van der Waals surface area contributed by atoms with Crippen LogP contribution < -0.4 is 5.32 Å². The summed E-state index contributed by atoms with van der Waals surface area (Å²) in [6.45, 7) is 2.13. The highest BCUT2D eigenvalue weighted by Crippen LogP contribution is 2.22. The molecule has 0 bridgehead atoms. The second-order valence-corrected chi connectivity index (χ2v) is 6.15. The minimum absolute atomic E-state index is 0. The van der Waals surface area contributed by atoms with E-state index in [9.17, 15) is 0 Å². The van der Waals surface area contributed by atoms with Gasteiger partial charge in [0.15, 0.2) is 0 Å². The van der Waals surface area contributed by atoms with E-state index in [4.69, 9.17) is 4.99 Å². The van der Waals surface area contributed by atoms with E-state index in [1.54, 1.807) is 0 Å². The van der Waals surface area contributed by atoms with Gasteiger partial charge >= 0.3 is 0 Å². The molecule has 0 amide bonds. The predicted molar refractivity (Wildman–Crippen MR) is 95.7 cm³/mol. The normalized spacial score (nSPS) is 21.6. The van der Waals surface area contributed by atoms with Crippen molar-refractivity contribution in [1.82, 2.24) is 10.3 Å². The smallest absolute Gasteiger partial charge is 0.0875 e. The van der Waals surface area contributed by atoms with Gasteiger partial charge in [-0.3, -0.25) is 0 Å². The highest BCUT2D eigenvalue weighted by Gasteiger charge is 2.14. The summed E-state index contributed by atoms with van der Waals surface area (Å²) in [5.74, 6) is 0. The molecule has 0 atom stereocenters. The van der Waals surface area contributed by atoms with Crippen LogP contribution in [-0.4, -0.2) is 16.7 Å². The molecule has 120 valence electrons. The molecule has 1 aliphatic carbocycles. The van der Waals surface area contributed by atoms with Crippen molar-refractivity contribution in [2.45, 2.75) is 57.9 Å². The van der Waals surface area contributed by atoms with Crippen molar-refractivity contribution < 1.29 is 0 Å². The maximum atomic E-state index is 4.73. The van der Waals surface area contributed by atoms with Crippen LogP contribution >= 0.6 is 12.4 Å². The van der Waals surface area contributed by atoms with Crippen molar-refractivity contribution in [2.24, 2.45) is 4.99 Å². The van der Waals surface area contributed by atoms with E-state index < -0.39 is 0 Å². The largest absolute Gasteiger partial charge is 0.386 e. The van der Waals surface area contributed by atoms with E-state index in [2.05, 4.69) is 35.6 Å². The minimum atomic E-state index is 0. The van der Waals surface area contributed by atoms with E-state index >= 15 is 0 Å². The first-order valence-electron chi connectivity index (χ1n) is 8.20. The SMILES string of the molecule is CC1=CC(c2ccc[nH]2)=N/C1=C/NC1CCCCCCC1.Cl. The fourth-order valence-corrected chi connectivity index (χ4v) is 3.12. The maximum absolute atomic E-state index is 4.73. The van der Waals surface area contributed by atoms with E-state index in [-0.39, 0.29) is 12.4 Å². The van der Waals surface area contributed by atoms with Crippen LogP contribution in [0.3, 0.4) is 0 Å². The van der Waals surface area contributed by atoms with Crippen LogP contribution in [0.2, 0.25) is 0 Å². The Morgan fingerprint density at radius 3 is 2.59 bits per heavy atom. The van der Waals surface area contributed by atoms with Gasteiger partial charge in [-0.1, -0.05) is 32.1 Å². The zero-order chi connectivity index (χ0) is 14.5. The number of aliphatic imine (C=N–C) groups is 1. The van der Waals surface area contributed by atoms with Gasteiger partial charge in [-0.2, -0.15) is 0 Å². The summed E-state index contributed by atoms with van der Waals surface area (Å²) in [7, 11) is 0. The summed E-state index contributed by atoms with van der Waals surface area (Å²) in [5.41, 5.74) is 4.42. The van der Waals surface area contributed by atoms with Crippen LogP contribution in [0.25, 0.3) is 0 Å². The van der Waals surface area contributed by atoms with E-state index in [1.165, 1.54) is 50.5 Å². The van der Waals surface area contributed by atoms with Crippen molar-refractivity contribution in [2.75, 3.05) is 0 Å². The summed E-state index contributed by atoms with van der Waals surface area (Å²) in [6, 6.07) is 4.69. The first-order chi connectivity index (χ1) is 10.3. The fraction of sp³-hybridized carbons (Fsp3) is 0.500. The molecule has 0 radical (unpaired) electrons. The van der Waals surface area contributed by atoms with Crippen LogP contribution in [0.15, 0.2) is 46.9 Å². The molecular formula is C18H26ClN3. The third kappa shape index (κ3) is 4.26. The van der Waals surface area contributed by atoms with Crippen molar-refractivity contribution in [3.05, 3.63) is 47.6 Å². The Kier molecular flexibility index (Phi) is 6.32. The van der Waals surface area contributed by atoms with Gasteiger partial charge in [0.05, 0.1) is 17.1 Å². The molecule has 3 nitrogen and oxygen atoms in total. The molecule has 3 rings (SSSR count). The molecule has 2 aliphatic rings. The van der Waals surface area contributed by atoms with E-state index in [0.717, 1.165) is 17.1 Å². The first kappa shape index (κ1) is 16.9. The Morgan fingerprint density at radius 1 is 1.18 bits per heavy atom. The molecule has 1 saturated carbocycles. The van der Waals surface area contributed by atoms with Gasteiger partial charge in [-0.05, 0) is 43.5 Å². The van der Waals surface area contributed by atoms with Crippen LogP contribution in [0, 0.1) is 0 Å². The third-order valence-corrected chi connectivity index (χ3v) is 4.43. The Labute approximate surface area is 139 Å². The Morgan fingerprint density at radius 2 is 1.91 bits per heavy atom. The highest BCUT2D eigenvalue weighted by atomic mass is 35.5. The third-order valence-electron chi connectivity index (χ3n) is 4.43. The number of allylic oxidation sites excluding steroid dienone is 2. The molecule has 2 heterocycles. The zero-order valence-electron chi connectivity index (χ0n) is 13.3. The molecule has 22 heavy (non-hydrogen) atoms. The molecule has 1 fully saturated rings. The lowest BCUT2D eigenvalue weighted by atomic mass is 9.97. The lowest BCUT2D eigenvalue weighted by Gasteiger charge is -2.20. The average molecular weight is 320 g/mol. The number of nitrogens with one attached hydrogen (secondary N) is 2. The molecular weight excluding hydrogens is 294 g/mol. The number of halogens is 1. The molecule has 0 aromatic carbocycles. The van der Waals surface area contributed by atoms with Gasteiger partial charge in [0.25, 0.3) is 0 Å². The zero-order valence-corrected chi connectivity index (χ0v) is 14.1. The number of rotatable bonds is 3. The number of aromatic nitrogens is 1. The lowest BCUT2D eigenvalue weighted by Crippen LogP contribution is -2.25. The van der Waals surface area contributed by atoms with Crippen LogP contribution in [0.4, 0.5) is 0 Å². The topological polar surface area (TPSA) is 40.2 Å². The van der Waals surface area contributed by atoms with Gasteiger partial charge in [0.1, 0.15) is 0 Å². The van der Waals surface area contributed by atoms with Crippen LogP contribution in [0.1, 0.15) is 57.6 Å². The lowest BCUT2D eigenvalue weighted by molar-refractivity contribution is 0.419. The minimum Gasteiger partial charge on any atom is -0.386 e. The number of hydrogen-bond acceptors (Lipinski definition) is 2. The second kappa shape index (κ2) is 8.23. The first-order valence-corrected chi connectivity index (χ1v) is 8.20. The average Bonchev–Trinajstić information content (AvgIpc) is 3.07. The monoisotopic (exact) mass is 319 g/mol. The number of aromatic amines is 1. The molecule has 0 spiro atoms. The number of hydrogen-bond donors (Lipinski definition) is 2. The predicted octanol–water partition coefficient (Wildman–Crippen LogP) is 4.73. The van der Waals surface area contributed by atoms with Crippen LogP contribution in [-0.2, 0) is 0 Å². The standard InChI is InChI=1S/C18H25N3.ClH/c1-14-12-17(16-10-7-11-19-16)21-18(14)13-20-15-8-5-3-2-4-6-9-15;/h7,10-13,15,19-20H,2-6,8-9H2,1H3;1H/b18-13+;. The Bertz CT molecular complexity index is 547. The summed E-state index contributed by atoms with van der Waals surface area (Å²) in [4.78, 5) is 7.95. The summed E-state index contributed by atoms with van der Waals surface area (Å²) < 4.78 is 0. The van der Waals surface area contributed by atoms with E-state index in [1.807, 2.05) is 12.3 Å². The highest BCUT2D eigenvalue weighted by molar-refractivity contribution is 6.10. The molecule has 2 N–H and O–H groups in total. The van der Waals surface area contributed by atoms with Crippen molar-refractivity contribution in [1.29, 1.82) is 0 Å². The Balaban J connectivity index is 0.00000176. The summed E-state index contributed by atoms with van der Waals surface area (Å²) in [6.07, 6.45) is 15.7. The molecule has 0 saturated heterocycles. The summed E-state index contributed by atoms with van der Waals surface area (Å²) >= 11 is 0. The molecule has 1 aliphatic heterocycles.